The summed E-state index contributed by atoms with van der Waals surface area (Å²) in [6, 6.07) is 0. The molecular weight excluding hydrogens is 152 g/mol. The van der Waals surface area contributed by atoms with Gasteiger partial charge in [0, 0.05) is 18.8 Å². The van der Waals surface area contributed by atoms with Crippen molar-refractivity contribution >= 4 is 11.6 Å². The summed E-state index contributed by atoms with van der Waals surface area (Å²) in [6.45, 7) is 3.55. The third-order valence-electron chi connectivity index (χ3n) is 2.17. The van der Waals surface area contributed by atoms with Gasteiger partial charge in [-0.05, 0) is 20.3 Å². The summed E-state index contributed by atoms with van der Waals surface area (Å²) in [4.78, 5) is 22.1. The van der Waals surface area contributed by atoms with Gasteiger partial charge in [-0.15, -0.1) is 0 Å². The summed E-state index contributed by atoms with van der Waals surface area (Å²) in [5.41, 5.74) is 1.24. The molecule has 0 fully saturated rings. The van der Waals surface area contributed by atoms with Gasteiger partial charge in [-0.2, -0.15) is 0 Å². The van der Waals surface area contributed by atoms with Crippen LogP contribution in [0.3, 0.4) is 0 Å². The van der Waals surface area contributed by atoms with E-state index in [9.17, 15) is 9.59 Å². The van der Waals surface area contributed by atoms with Crippen molar-refractivity contribution in [1.82, 2.24) is 0 Å². The molecule has 1 rings (SSSR count). The van der Waals surface area contributed by atoms with Crippen molar-refractivity contribution in [2.45, 2.75) is 33.1 Å². The average molecular weight is 166 g/mol. The summed E-state index contributed by atoms with van der Waals surface area (Å²) in [5, 5.41) is 0. The summed E-state index contributed by atoms with van der Waals surface area (Å²) >= 11 is 0. The zero-order chi connectivity index (χ0) is 9.14. The highest BCUT2D eigenvalue weighted by Gasteiger charge is 2.21. The van der Waals surface area contributed by atoms with Crippen LogP contribution in [0.4, 0.5) is 0 Å². The zero-order valence-electron chi connectivity index (χ0n) is 7.59. The minimum absolute atomic E-state index is 0.0966. The van der Waals surface area contributed by atoms with Crippen LogP contribution < -0.4 is 0 Å². The van der Waals surface area contributed by atoms with Crippen molar-refractivity contribution in [3.05, 3.63) is 11.6 Å². The van der Waals surface area contributed by atoms with Gasteiger partial charge < -0.3 is 0 Å². The average Bonchev–Trinajstić information content (AvgIpc) is 1.96. The van der Waals surface area contributed by atoms with E-state index in [1.54, 1.807) is 0 Å². The molecule has 1 aliphatic carbocycles. The molecule has 1 unspecified atom stereocenters. The van der Waals surface area contributed by atoms with Crippen molar-refractivity contribution in [2.24, 2.45) is 5.92 Å². The SMILES string of the molecule is CC(=O)CC1C=C(C)CCC1=O. The van der Waals surface area contributed by atoms with E-state index < -0.39 is 0 Å². The van der Waals surface area contributed by atoms with Crippen molar-refractivity contribution in [3.8, 4) is 0 Å². The highest BCUT2D eigenvalue weighted by Crippen LogP contribution is 2.21. The maximum atomic E-state index is 11.3. The van der Waals surface area contributed by atoms with Crippen molar-refractivity contribution in [1.29, 1.82) is 0 Å². The Kier molecular flexibility index (Phi) is 2.79. The second-order valence-electron chi connectivity index (χ2n) is 3.49. The Hall–Kier alpha value is -0.920. The van der Waals surface area contributed by atoms with Crippen LogP contribution in [-0.4, -0.2) is 11.6 Å². The first kappa shape index (κ1) is 9.17. The van der Waals surface area contributed by atoms with E-state index in [1.165, 1.54) is 12.5 Å². The monoisotopic (exact) mass is 166 g/mol. The Morgan fingerprint density at radius 3 is 2.83 bits per heavy atom. The zero-order valence-corrected chi connectivity index (χ0v) is 7.59. The molecule has 0 N–H and O–H groups in total. The largest absolute Gasteiger partial charge is 0.300 e. The molecule has 0 aliphatic heterocycles. The number of ketones is 2. The van der Waals surface area contributed by atoms with E-state index in [0.29, 0.717) is 12.8 Å². The fourth-order valence-electron chi connectivity index (χ4n) is 1.51. The van der Waals surface area contributed by atoms with Gasteiger partial charge in [0.15, 0.2) is 0 Å². The summed E-state index contributed by atoms with van der Waals surface area (Å²) in [6.07, 6.45) is 3.80. The molecular formula is C10H14O2. The van der Waals surface area contributed by atoms with E-state index in [-0.39, 0.29) is 17.5 Å². The fraction of sp³-hybridized carbons (Fsp3) is 0.600. The number of carbonyl (C=O) groups is 2. The highest BCUT2D eigenvalue weighted by molar-refractivity contribution is 5.89. The van der Waals surface area contributed by atoms with Gasteiger partial charge in [0.25, 0.3) is 0 Å². The summed E-state index contributed by atoms with van der Waals surface area (Å²) in [5.74, 6) is 0.186. The van der Waals surface area contributed by atoms with Crippen molar-refractivity contribution < 1.29 is 9.59 Å². The predicted molar refractivity (Wildman–Crippen MR) is 46.8 cm³/mol. The van der Waals surface area contributed by atoms with Gasteiger partial charge in [0.05, 0.1) is 0 Å². The van der Waals surface area contributed by atoms with E-state index in [0.717, 1.165) is 6.42 Å². The van der Waals surface area contributed by atoms with Crippen LogP contribution in [0.2, 0.25) is 0 Å². The molecule has 1 atom stereocenters. The summed E-state index contributed by atoms with van der Waals surface area (Å²) in [7, 11) is 0. The molecule has 0 aromatic rings. The molecule has 0 amide bonds. The van der Waals surface area contributed by atoms with Crippen LogP contribution in [0.25, 0.3) is 0 Å². The Bertz CT molecular complexity index is 238. The molecule has 2 nitrogen and oxygen atoms in total. The molecule has 0 saturated carbocycles. The first-order chi connectivity index (χ1) is 5.59. The van der Waals surface area contributed by atoms with Crippen molar-refractivity contribution in [3.63, 3.8) is 0 Å². The molecule has 0 spiro atoms. The molecule has 0 bridgehead atoms. The highest BCUT2D eigenvalue weighted by atomic mass is 16.1. The fourth-order valence-corrected chi connectivity index (χ4v) is 1.51. The van der Waals surface area contributed by atoms with Crippen LogP contribution in [0.5, 0.6) is 0 Å². The van der Waals surface area contributed by atoms with Crippen LogP contribution in [0, 0.1) is 5.92 Å². The third-order valence-corrected chi connectivity index (χ3v) is 2.17. The summed E-state index contributed by atoms with van der Waals surface area (Å²) < 4.78 is 0. The first-order valence-electron chi connectivity index (χ1n) is 4.29. The van der Waals surface area contributed by atoms with Gasteiger partial charge in [0.1, 0.15) is 11.6 Å². The second kappa shape index (κ2) is 3.65. The van der Waals surface area contributed by atoms with E-state index in [4.69, 9.17) is 0 Å². The maximum absolute atomic E-state index is 11.3. The van der Waals surface area contributed by atoms with Gasteiger partial charge in [0.2, 0.25) is 0 Å². The van der Waals surface area contributed by atoms with Gasteiger partial charge in [-0.25, -0.2) is 0 Å². The van der Waals surface area contributed by atoms with Crippen LogP contribution >= 0.6 is 0 Å². The van der Waals surface area contributed by atoms with E-state index in [1.807, 2.05) is 13.0 Å². The Labute approximate surface area is 72.7 Å². The number of hydrogen-bond donors (Lipinski definition) is 0. The third kappa shape index (κ3) is 2.29. The standard InChI is InChI=1S/C10H14O2/c1-7-3-4-10(12)9(5-7)6-8(2)11/h5,9H,3-4,6H2,1-2H3. The quantitative estimate of drug-likeness (QED) is 0.587. The number of rotatable bonds is 2. The Balaban J connectivity index is 2.66. The van der Waals surface area contributed by atoms with Crippen LogP contribution in [0.1, 0.15) is 33.1 Å². The Morgan fingerprint density at radius 1 is 1.58 bits per heavy atom. The topological polar surface area (TPSA) is 34.1 Å². The maximum Gasteiger partial charge on any atom is 0.140 e. The lowest BCUT2D eigenvalue weighted by atomic mass is 9.87. The van der Waals surface area contributed by atoms with Gasteiger partial charge in [-0.1, -0.05) is 11.6 Å². The lowest BCUT2D eigenvalue weighted by molar-refractivity contribution is -0.126. The minimum Gasteiger partial charge on any atom is -0.300 e. The number of allylic oxidation sites excluding steroid dienone is 2. The van der Waals surface area contributed by atoms with Crippen molar-refractivity contribution in [2.75, 3.05) is 0 Å². The Morgan fingerprint density at radius 2 is 2.25 bits per heavy atom. The number of hydrogen-bond acceptors (Lipinski definition) is 2. The number of Topliss-reactive ketones (excluding diaryl/α,β-unsaturated/α-hetero) is 2. The first-order valence-corrected chi connectivity index (χ1v) is 4.29. The normalized spacial score (nSPS) is 23.7. The molecule has 1 aliphatic rings. The van der Waals surface area contributed by atoms with Gasteiger partial charge >= 0.3 is 0 Å². The van der Waals surface area contributed by atoms with E-state index in [2.05, 4.69) is 0 Å². The molecule has 0 aromatic heterocycles. The second-order valence-corrected chi connectivity index (χ2v) is 3.49. The minimum atomic E-state index is -0.128. The van der Waals surface area contributed by atoms with E-state index >= 15 is 0 Å². The molecule has 2 heteroatoms. The molecule has 0 heterocycles. The lowest BCUT2D eigenvalue weighted by Crippen LogP contribution is -2.19. The smallest absolute Gasteiger partial charge is 0.140 e. The molecule has 12 heavy (non-hydrogen) atoms. The van der Waals surface area contributed by atoms with Gasteiger partial charge in [-0.3, -0.25) is 9.59 Å². The van der Waals surface area contributed by atoms with Crippen LogP contribution in [-0.2, 0) is 9.59 Å². The molecule has 0 saturated heterocycles. The predicted octanol–water partition coefficient (Wildman–Crippen LogP) is 1.89. The lowest BCUT2D eigenvalue weighted by Gasteiger charge is -2.16. The van der Waals surface area contributed by atoms with Crippen LogP contribution in [0.15, 0.2) is 11.6 Å². The molecule has 0 aromatic carbocycles. The molecule has 0 radical (unpaired) electrons. The molecule has 66 valence electrons. The number of carbonyl (C=O) groups excluding carboxylic acids is 2.